The SMILES string of the molecule is COc1ncc(-c2n[nH]c3cc4c(cc23)CN(C2CCCN(Cc3cccs3)C2)C(=O)N4)cn1. The molecule has 1 atom stereocenters. The van der Waals surface area contributed by atoms with E-state index in [4.69, 9.17) is 4.74 Å². The van der Waals surface area contributed by atoms with E-state index in [1.807, 2.05) is 11.0 Å². The van der Waals surface area contributed by atoms with Crippen LogP contribution in [0.3, 0.4) is 0 Å². The average Bonchev–Trinajstić information content (AvgIpc) is 3.52. The zero-order chi connectivity index (χ0) is 23.1. The van der Waals surface area contributed by atoms with E-state index in [0.717, 1.165) is 65.9 Å². The number of anilines is 1. The van der Waals surface area contributed by atoms with E-state index in [1.165, 1.54) is 4.88 Å². The number of piperidine rings is 1. The maximum atomic E-state index is 13.0. The summed E-state index contributed by atoms with van der Waals surface area (Å²) in [6, 6.07) is 8.84. The predicted octanol–water partition coefficient (Wildman–Crippen LogP) is 4.10. The molecule has 0 saturated carbocycles. The van der Waals surface area contributed by atoms with Gasteiger partial charge in [0.15, 0.2) is 0 Å². The molecule has 2 aliphatic heterocycles. The number of likely N-dealkylation sites (tertiary alicyclic amines) is 1. The second-order valence-electron chi connectivity index (χ2n) is 8.75. The van der Waals surface area contributed by atoms with Crippen LogP contribution in [0.1, 0.15) is 23.3 Å². The van der Waals surface area contributed by atoms with Crippen LogP contribution in [-0.4, -0.2) is 62.2 Å². The van der Waals surface area contributed by atoms with Crippen LogP contribution in [0.4, 0.5) is 10.5 Å². The lowest BCUT2D eigenvalue weighted by Crippen LogP contribution is -2.52. The Labute approximate surface area is 200 Å². The van der Waals surface area contributed by atoms with Gasteiger partial charge in [-0.1, -0.05) is 6.07 Å². The number of aromatic amines is 1. The van der Waals surface area contributed by atoms with E-state index in [1.54, 1.807) is 30.8 Å². The van der Waals surface area contributed by atoms with Crippen LogP contribution in [0.5, 0.6) is 6.01 Å². The zero-order valence-electron chi connectivity index (χ0n) is 18.8. The van der Waals surface area contributed by atoms with Crippen molar-refractivity contribution in [2.75, 3.05) is 25.5 Å². The molecule has 5 heterocycles. The topological polar surface area (TPSA) is 99.3 Å². The summed E-state index contributed by atoms with van der Waals surface area (Å²) in [5.74, 6) is 0. The summed E-state index contributed by atoms with van der Waals surface area (Å²) in [6.07, 6.45) is 5.53. The minimum absolute atomic E-state index is 0.0295. The van der Waals surface area contributed by atoms with Crippen LogP contribution in [0, 0.1) is 0 Å². The van der Waals surface area contributed by atoms with E-state index in [0.29, 0.717) is 12.6 Å². The monoisotopic (exact) mass is 475 g/mol. The fourth-order valence-corrected chi connectivity index (χ4v) is 5.66. The third-order valence-corrected chi connectivity index (χ3v) is 7.46. The van der Waals surface area contributed by atoms with Crippen LogP contribution in [0.2, 0.25) is 0 Å². The second kappa shape index (κ2) is 8.69. The number of carbonyl (C=O) groups is 1. The van der Waals surface area contributed by atoms with Crippen LogP contribution in [0.15, 0.2) is 42.0 Å². The molecule has 3 aromatic heterocycles. The molecule has 1 saturated heterocycles. The van der Waals surface area contributed by atoms with Crippen molar-refractivity contribution in [2.45, 2.75) is 32.0 Å². The molecule has 174 valence electrons. The summed E-state index contributed by atoms with van der Waals surface area (Å²) >= 11 is 1.79. The number of hydrogen-bond acceptors (Lipinski definition) is 7. The maximum Gasteiger partial charge on any atom is 0.322 e. The molecule has 9 nitrogen and oxygen atoms in total. The van der Waals surface area contributed by atoms with Gasteiger partial charge < -0.3 is 15.0 Å². The summed E-state index contributed by atoms with van der Waals surface area (Å²) < 4.78 is 5.07. The van der Waals surface area contributed by atoms with Crippen molar-refractivity contribution in [1.29, 1.82) is 0 Å². The molecule has 1 aromatic carbocycles. The molecule has 34 heavy (non-hydrogen) atoms. The Kier molecular flexibility index (Phi) is 5.39. The van der Waals surface area contributed by atoms with Gasteiger partial charge in [0.05, 0.1) is 12.6 Å². The third kappa shape index (κ3) is 3.88. The molecule has 1 fully saturated rings. The number of fused-ring (bicyclic) bond motifs is 2. The lowest BCUT2D eigenvalue weighted by atomic mass is 10.00. The average molecular weight is 476 g/mol. The van der Waals surface area contributed by atoms with E-state index < -0.39 is 0 Å². The summed E-state index contributed by atoms with van der Waals surface area (Å²) in [6.45, 7) is 3.49. The van der Waals surface area contributed by atoms with Gasteiger partial charge in [0.25, 0.3) is 0 Å². The number of carbonyl (C=O) groups excluding carboxylic acids is 1. The minimum atomic E-state index is -0.0295. The number of hydrogen-bond donors (Lipinski definition) is 2. The summed E-state index contributed by atoms with van der Waals surface area (Å²) in [7, 11) is 1.54. The Balaban J connectivity index is 1.26. The number of amides is 2. The number of aromatic nitrogens is 4. The van der Waals surface area contributed by atoms with E-state index in [-0.39, 0.29) is 12.1 Å². The molecule has 4 aromatic rings. The van der Waals surface area contributed by atoms with Gasteiger partial charge in [0.2, 0.25) is 0 Å². The van der Waals surface area contributed by atoms with Crippen molar-refractivity contribution >= 4 is 34.0 Å². The van der Waals surface area contributed by atoms with Crippen molar-refractivity contribution in [3.63, 3.8) is 0 Å². The van der Waals surface area contributed by atoms with Crippen molar-refractivity contribution in [3.05, 3.63) is 52.5 Å². The standard InChI is InChI=1S/C24H25N7O2S/c1-33-23-25-10-16(11-26-23)22-19-8-15-12-31(24(32)27-20(15)9-21(19)28-29-22)17-4-2-6-30(13-17)14-18-5-3-7-34-18/h3,5,7-11,17H,2,4,6,12-14H2,1H3,(H,27,32)(H,28,29). The van der Waals surface area contributed by atoms with Crippen molar-refractivity contribution in [2.24, 2.45) is 0 Å². The summed E-state index contributed by atoms with van der Waals surface area (Å²) in [5.41, 5.74) is 4.36. The first kappa shape index (κ1) is 21.1. The van der Waals surface area contributed by atoms with Gasteiger partial charge in [-0.25, -0.2) is 14.8 Å². The lowest BCUT2D eigenvalue weighted by molar-refractivity contribution is 0.109. The first-order chi connectivity index (χ1) is 16.7. The normalized spacial score (nSPS) is 18.7. The van der Waals surface area contributed by atoms with Gasteiger partial charge in [0, 0.05) is 59.6 Å². The van der Waals surface area contributed by atoms with Gasteiger partial charge in [-0.05, 0) is 48.5 Å². The number of rotatable bonds is 5. The van der Waals surface area contributed by atoms with Gasteiger partial charge >= 0.3 is 12.0 Å². The zero-order valence-corrected chi connectivity index (χ0v) is 19.6. The van der Waals surface area contributed by atoms with E-state index in [9.17, 15) is 4.79 Å². The fourth-order valence-electron chi connectivity index (χ4n) is 4.91. The number of thiophene rings is 1. The largest absolute Gasteiger partial charge is 0.467 e. The molecular weight excluding hydrogens is 450 g/mol. The Morgan fingerprint density at radius 1 is 1.26 bits per heavy atom. The van der Waals surface area contributed by atoms with E-state index in [2.05, 4.69) is 54.0 Å². The molecular formula is C24H25N7O2S. The molecule has 2 aliphatic rings. The second-order valence-corrected chi connectivity index (χ2v) is 9.79. The van der Waals surface area contributed by atoms with Gasteiger partial charge in [0.1, 0.15) is 5.69 Å². The Morgan fingerprint density at radius 3 is 2.94 bits per heavy atom. The molecule has 0 aliphatic carbocycles. The van der Waals surface area contributed by atoms with E-state index >= 15 is 0 Å². The number of ether oxygens (including phenoxy) is 1. The Hall–Kier alpha value is -3.50. The van der Waals surface area contributed by atoms with Crippen LogP contribution in [0.25, 0.3) is 22.2 Å². The molecule has 10 heteroatoms. The maximum absolute atomic E-state index is 13.0. The van der Waals surface area contributed by atoms with Crippen molar-refractivity contribution in [3.8, 4) is 17.3 Å². The Bertz CT molecular complexity index is 1320. The molecule has 0 bridgehead atoms. The van der Waals surface area contributed by atoms with Crippen LogP contribution < -0.4 is 10.1 Å². The molecule has 2 N–H and O–H groups in total. The van der Waals surface area contributed by atoms with Crippen molar-refractivity contribution in [1.82, 2.24) is 30.0 Å². The molecule has 0 spiro atoms. The Morgan fingerprint density at radius 2 is 2.15 bits per heavy atom. The number of nitrogens with one attached hydrogen (secondary N) is 2. The van der Waals surface area contributed by atoms with Gasteiger partial charge in [-0.2, -0.15) is 5.10 Å². The lowest BCUT2D eigenvalue weighted by Gasteiger charge is -2.41. The first-order valence-electron chi connectivity index (χ1n) is 11.4. The highest BCUT2D eigenvalue weighted by Gasteiger charge is 2.32. The summed E-state index contributed by atoms with van der Waals surface area (Å²) in [5, 5.41) is 13.8. The minimum Gasteiger partial charge on any atom is -0.467 e. The molecule has 2 amide bonds. The molecule has 1 unspecified atom stereocenters. The number of urea groups is 1. The fraction of sp³-hybridized carbons (Fsp3) is 0.333. The number of benzene rings is 1. The summed E-state index contributed by atoms with van der Waals surface area (Å²) in [4.78, 5) is 27.3. The molecule has 6 rings (SSSR count). The molecule has 0 radical (unpaired) electrons. The highest BCUT2D eigenvalue weighted by molar-refractivity contribution is 7.09. The number of methoxy groups -OCH3 is 1. The third-order valence-electron chi connectivity index (χ3n) is 6.59. The highest BCUT2D eigenvalue weighted by atomic mass is 32.1. The van der Waals surface area contributed by atoms with Gasteiger partial charge in [-0.3, -0.25) is 10.00 Å². The number of nitrogens with zero attached hydrogens (tertiary/aromatic N) is 5. The quantitative estimate of drug-likeness (QED) is 0.451. The van der Waals surface area contributed by atoms with Crippen molar-refractivity contribution < 1.29 is 9.53 Å². The smallest absolute Gasteiger partial charge is 0.322 e. The van der Waals surface area contributed by atoms with Crippen LogP contribution >= 0.6 is 11.3 Å². The first-order valence-corrected chi connectivity index (χ1v) is 12.3. The highest BCUT2D eigenvalue weighted by Crippen LogP contribution is 2.34. The van der Waals surface area contributed by atoms with Gasteiger partial charge in [-0.15, -0.1) is 11.3 Å². The number of H-pyrrole nitrogens is 1. The predicted molar refractivity (Wildman–Crippen MR) is 131 cm³/mol. The van der Waals surface area contributed by atoms with Crippen LogP contribution in [-0.2, 0) is 13.1 Å².